The lowest BCUT2D eigenvalue weighted by Gasteiger charge is -2.55. The maximum absolute atomic E-state index is 14.5. The highest BCUT2D eigenvalue weighted by atomic mass is 16.5. The molecule has 248 valence electrons. The van der Waals surface area contributed by atoms with Gasteiger partial charge in [-0.05, 0) is 55.3 Å². The van der Waals surface area contributed by atoms with E-state index in [2.05, 4.69) is 66.2 Å². The molecule has 0 radical (unpaired) electrons. The van der Waals surface area contributed by atoms with E-state index in [9.17, 15) is 15.0 Å². The van der Waals surface area contributed by atoms with E-state index >= 15 is 0 Å². The highest BCUT2D eigenvalue weighted by molar-refractivity contribution is 5.89. The van der Waals surface area contributed by atoms with Crippen molar-refractivity contribution >= 4 is 16.8 Å². The molecule has 7 nitrogen and oxygen atoms in total. The predicted molar refractivity (Wildman–Crippen MR) is 189 cm³/mol. The maximum Gasteiger partial charge on any atom is 0.227 e. The van der Waals surface area contributed by atoms with Crippen molar-refractivity contribution in [1.82, 2.24) is 14.4 Å². The number of nitrogens with zero attached hydrogens (tertiary/aromatic N) is 3. The molecular formula is C41H45N3O4. The van der Waals surface area contributed by atoms with E-state index in [4.69, 9.17) is 4.74 Å². The first-order valence-corrected chi connectivity index (χ1v) is 16.9. The van der Waals surface area contributed by atoms with Crippen LogP contribution in [0.5, 0.6) is 5.75 Å². The van der Waals surface area contributed by atoms with Crippen molar-refractivity contribution in [3.63, 3.8) is 0 Å². The SMILES string of the molecule is COc1ccccc1[C@@]1(O)[C@H](O)CC(c2ccccc2)(c2ccccc2)[C@@H]2CN(C(=O)Cc3cn(CCN(C)C)c4ccccc34)C[C@@H]21. The number of methoxy groups -OCH3 is 1. The van der Waals surface area contributed by atoms with Crippen molar-refractivity contribution in [1.29, 1.82) is 0 Å². The number of fused-ring (bicyclic) bond motifs is 2. The Morgan fingerprint density at radius 3 is 2.12 bits per heavy atom. The Hall–Kier alpha value is -4.43. The van der Waals surface area contributed by atoms with Crippen molar-refractivity contribution in [2.24, 2.45) is 11.8 Å². The monoisotopic (exact) mass is 643 g/mol. The number of aromatic nitrogens is 1. The molecule has 1 aromatic heterocycles. The highest BCUT2D eigenvalue weighted by Gasteiger charge is 2.64. The van der Waals surface area contributed by atoms with Crippen LogP contribution in [0, 0.1) is 11.8 Å². The number of rotatable bonds is 9. The fourth-order valence-electron chi connectivity index (χ4n) is 8.70. The number of amides is 1. The quantitative estimate of drug-likeness (QED) is 0.223. The fourth-order valence-corrected chi connectivity index (χ4v) is 8.70. The summed E-state index contributed by atoms with van der Waals surface area (Å²) in [7, 11) is 5.72. The van der Waals surface area contributed by atoms with Crippen LogP contribution >= 0.6 is 0 Å². The van der Waals surface area contributed by atoms with Crippen LogP contribution in [0.4, 0.5) is 0 Å². The molecule has 4 atom stereocenters. The Bertz CT molecular complexity index is 1850. The number of aliphatic hydroxyl groups excluding tert-OH is 1. The van der Waals surface area contributed by atoms with Gasteiger partial charge < -0.3 is 29.3 Å². The smallest absolute Gasteiger partial charge is 0.227 e. The number of likely N-dealkylation sites (N-methyl/N-ethyl adjacent to an activating group) is 1. The molecule has 0 bridgehead atoms. The van der Waals surface area contributed by atoms with E-state index in [0.29, 0.717) is 24.4 Å². The summed E-state index contributed by atoms with van der Waals surface area (Å²) in [6, 6.07) is 36.3. The van der Waals surface area contributed by atoms with Gasteiger partial charge in [-0.25, -0.2) is 0 Å². The second-order valence-electron chi connectivity index (χ2n) is 13.8. The molecular weight excluding hydrogens is 598 g/mol. The summed E-state index contributed by atoms with van der Waals surface area (Å²) < 4.78 is 8.00. The molecule has 7 heteroatoms. The first-order valence-electron chi connectivity index (χ1n) is 16.9. The van der Waals surface area contributed by atoms with Gasteiger partial charge in [-0.15, -0.1) is 0 Å². The van der Waals surface area contributed by atoms with Crippen LogP contribution < -0.4 is 4.74 Å². The molecule has 1 aliphatic heterocycles. The summed E-state index contributed by atoms with van der Waals surface area (Å²) in [5.74, 6) is -0.110. The Morgan fingerprint density at radius 2 is 1.46 bits per heavy atom. The minimum Gasteiger partial charge on any atom is -0.496 e. The first-order chi connectivity index (χ1) is 23.3. The van der Waals surface area contributed by atoms with Crippen LogP contribution in [0.2, 0.25) is 0 Å². The van der Waals surface area contributed by atoms with E-state index in [-0.39, 0.29) is 24.7 Å². The standard InChI is InChI=1S/C41H45N3O4/c1-42(2)22-23-43-26-29(32-18-10-12-20-36(32)43)24-39(46)44-27-34-35(28-44)41(47,33-19-11-13-21-37(33)48-3)38(45)25-40(34,30-14-6-4-7-15-30)31-16-8-5-9-17-31/h4-21,26,34-35,38,45,47H,22-25,27-28H2,1-3H3/t34-,35+,38-,41+/m1/s1. The molecule has 1 saturated carbocycles. The van der Waals surface area contributed by atoms with E-state index < -0.39 is 23.0 Å². The highest BCUT2D eigenvalue weighted by Crippen LogP contribution is 2.60. The molecule has 2 fully saturated rings. The van der Waals surface area contributed by atoms with Gasteiger partial charge in [0.25, 0.3) is 0 Å². The summed E-state index contributed by atoms with van der Waals surface area (Å²) in [4.78, 5) is 18.5. The lowest BCUT2D eigenvalue weighted by molar-refractivity contribution is -0.168. The van der Waals surface area contributed by atoms with Gasteiger partial charge >= 0.3 is 0 Å². The lowest BCUT2D eigenvalue weighted by Crippen LogP contribution is -2.60. The molecule has 0 unspecified atom stereocenters. The average molecular weight is 644 g/mol. The number of likely N-dealkylation sites (tertiary alicyclic amines) is 1. The topological polar surface area (TPSA) is 78.2 Å². The molecule has 5 aromatic rings. The minimum atomic E-state index is -1.64. The van der Waals surface area contributed by atoms with Crippen molar-refractivity contribution in [3.8, 4) is 5.75 Å². The third-order valence-corrected chi connectivity index (χ3v) is 11.0. The number of aliphatic hydroxyl groups is 2. The van der Waals surface area contributed by atoms with Crippen LogP contribution in [-0.4, -0.2) is 77.4 Å². The normalized spacial score (nSPS) is 23.4. The van der Waals surface area contributed by atoms with E-state index in [1.807, 2.05) is 77.7 Å². The molecule has 7 rings (SSSR count). The van der Waals surface area contributed by atoms with Gasteiger partial charge in [-0.1, -0.05) is 97.1 Å². The number of benzene rings is 4. The summed E-state index contributed by atoms with van der Waals surface area (Å²) in [6.07, 6.45) is 1.55. The Kier molecular flexibility index (Phi) is 8.62. The van der Waals surface area contributed by atoms with Crippen LogP contribution in [0.1, 0.15) is 28.7 Å². The number of para-hydroxylation sites is 2. The Morgan fingerprint density at radius 1 is 0.854 bits per heavy atom. The first kappa shape index (κ1) is 32.1. The number of ether oxygens (including phenoxy) is 1. The molecule has 48 heavy (non-hydrogen) atoms. The molecule has 2 aliphatic rings. The summed E-state index contributed by atoms with van der Waals surface area (Å²) in [6.45, 7) is 2.50. The van der Waals surface area contributed by atoms with Crippen molar-refractivity contribution in [2.45, 2.75) is 36.5 Å². The maximum atomic E-state index is 14.5. The van der Waals surface area contributed by atoms with E-state index in [1.165, 1.54) is 0 Å². The minimum absolute atomic E-state index is 0.0202. The third kappa shape index (κ3) is 5.30. The molecule has 1 saturated heterocycles. The number of hydrogen-bond donors (Lipinski definition) is 2. The average Bonchev–Trinajstić information content (AvgIpc) is 3.73. The Balaban J connectivity index is 1.32. The predicted octanol–water partition coefficient (Wildman–Crippen LogP) is 5.47. The van der Waals surface area contributed by atoms with Crippen LogP contribution in [-0.2, 0) is 28.8 Å². The molecule has 0 spiro atoms. The molecule has 1 amide bonds. The van der Waals surface area contributed by atoms with Crippen molar-refractivity contribution in [3.05, 3.63) is 138 Å². The largest absolute Gasteiger partial charge is 0.496 e. The van der Waals surface area contributed by atoms with Gasteiger partial charge in [-0.2, -0.15) is 0 Å². The molecule has 2 heterocycles. The fraction of sp³-hybridized carbons (Fsp3) is 0.341. The zero-order valence-corrected chi connectivity index (χ0v) is 28.0. The van der Waals surface area contributed by atoms with Gasteiger partial charge in [0, 0.05) is 60.2 Å². The Labute approximate surface area is 283 Å². The zero-order valence-electron chi connectivity index (χ0n) is 28.0. The summed E-state index contributed by atoms with van der Waals surface area (Å²) in [5, 5.41) is 26.2. The number of carbonyl (C=O) groups excluding carboxylic acids is 1. The van der Waals surface area contributed by atoms with Gasteiger partial charge in [0.15, 0.2) is 0 Å². The zero-order chi connectivity index (χ0) is 33.5. The van der Waals surface area contributed by atoms with E-state index in [0.717, 1.165) is 40.7 Å². The molecule has 1 aliphatic carbocycles. The molecule has 2 N–H and O–H groups in total. The van der Waals surface area contributed by atoms with Crippen LogP contribution in [0.15, 0.2) is 115 Å². The van der Waals surface area contributed by atoms with Gasteiger partial charge in [0.2, 0.25) is 5.91 Å². The second-order valence-corrected chi connectivity index (χ2v) is 13.8. The van der Waals surface area contributed by atoms with Crippen molar-refractivity contribution < 1.29 is 19.7 Å². The van der Waals surface area contributed by atoms with E-state index in [1.54, 1.807) is 7.11 Å². The summed E-state index contributed by atoms with van der Waals surface area (Å²) >= 11 is 0. The summed E-state index contributed by atoms with van der Waals surface area (Å²) in [5.41, 5.74) is 2.55. The van der Waals surface area contributed by atoms with Gasteiger partial charge in [-0.3, -0.25) is 4.79 Å². The number of carbonyl (C=O) groups is 1. The molecule has 4 aromatic carbocycles. The second kappa shape index (κ2) is 12.9. The van der Waals surface area contributed by atoms with Crippen LogP contribution in [0.25, 0.3) is 10.9 Å². The third-order valence-electron chi connectivity index (χ3n) is 11.0. The van der Waals surface area contributed by atoms with Gasteiger partial charge in [0.05, 0.1) is 19.6 Å². The number of hydrogen-bond acceptors (Lipinski definition) is 5. The lowest BCUT2D eigenvalue weighted by atomic mass is 9.51. The van der Waals surface area contributed by atoms with Gasteiger partial charge in [0.1, 0.15) is 11.4 Å². The van der Waals surface area contributed by atoms with Crippen molar-refractivity contribution in [2.75, 3.05) is 40.8 Å². The van der Waals surface area contributed by atoms with Crippen LogP contribution in [0.3, 0.4) is 0 Å².